The Hall–Kier alpha value is -3.28. The Morgan fingerprint density at radius 3 is 2.52 bits per heavy atom. The lowest BCUT2D eigenvalue weighted by molar-refractivity contribution is 0.0601. The van der Waals surface area contributed by atoms with Crippen molar-refractivity contribution in [1.29, 1.82) is 5.41 Å². The van der Waals surface area contributed by atoms with Crippen molar-refractivity contribution in [3.63, 3.8) is 0 Å². The summed E-state index contributed by atoms with van der Waals surface area (Å²) in [5.74, 6) is 1.04. The maximum absolute atomic E-state index is 11.8. The van der Waals surface area contributed by atoms with E-state index in [-0.39, 0.29) is 5.97 Å². The highest BCUT2D eigenvalue weighted by molar-refractivity contribution is 5.96. The van der Waals surface area contributed by atoms with Crippen LogP contribution in [0.4, 0.5) is 0 Å². The molecule has 3 aromatic rings. The maximum Gasteiger partial charge on any atom is 0.337 e. The average molecular weight is 366 g/mol. The fourth-order valence-electron chi connectivity index (χ4n) is 3.19. The number of ether oxygens (including phenoxy) is 3. The van der Waals surface area contributed by atoms with E-state index in [2.05, 4.69) is 0 Å². The van der Waals surface area contributed by atoms with Crippen LogP contribution in [0.25, 0.3) is 10.8 Å². The quantitative estimate of drug-likeness (QED) is 0.703. The number of rotatable bonds is 5. The Labute approximate surface area is 157 Å². The van der Waals surface area contributed by atoms with Crippen LogP contribution in [0.5, 0.6) is 11.5 Å². The number of carbonyl (C=O) groups is 1. The Balaban J connectivity index is 2.07. The van der Waals surface area contributed by atoms with Gasteiger partial charge in [0.1, 0.15) is 17.0 Å². The van der Waals surface area contributed by atoms with Crippen LogP contribution >= 0.6 is 0 Å². The third-order valence-corrected chi connectivity index (χ3v) is 4.58. The Morgan fingerprint density at radius 1 is 1.07 bits per heavy atom. The lowest BCUT2D eigenvalue weighted by Crippen LogP contribution is -2.21. The number of carbonyl (C=O) groups excluding carboxylic acids is 1. The van der Waals surface area contributed by atoms with Gasteiger partial charge in [-0.05, 0) is 48.2 Å². The molecular weight excluding hydrogens is 344 g/mol. The second-order valence-corrected chi connectivity index (χ2v) is 6.22. The average Bonchev–Trinajstić information content (AvgIpc) is 2.69. The van der Waals surface area contributed by atoms with Crippen LogP contribution in [-0.2, 0) is 11.3 Å². The Morgan fingerprint density at radius 2 is 1.85 bits per heavy atom. The van der Waals surface area contributed by atoms with E-state index < -0.39 is 0 Å². The smallest absolute Gasteiger partial charge is 0.337 e. The first kappa shape index (κ1) is 18.5. The molecule has 0 bridgehead atoms. The fourth-order valence-corrected chi connectivity index (χ4v) is 3.19. The highest BCUT2D eigenvalue weighted by Crippen LogP contribution is 2.25. The summed E-state index contributed by atoms with van der Waals surface area (Å²) in [4.78, 5) is 11.8. The van der Waals surface area contributed by atoms with Crippen LogP contribution < -0.4 is 15.0 Å². The Bertz CT molecular complexity index is 1070. The van der Waals surface area contributed by atoms with E-state index >= 15 is 0 Å². The van der Waals surface area contributed by atoms with Gasteiger partial charge in [0.05, 0.1) is 33.4 Å². The number of esters is 1. The van der Waals surface area contributed by atoms with Gasteiger partial charge in [-0.1, -0.05) is 0 Å². The van der Waals surface area contributed by atoms with E-state index in [1.807, 2.05) is 42.0 Å². The molecule has 0 aliphatic carbocycles. The molecule has 1 N–H and O–H groups in total. The van der Waals surface area contributed by atoms with Crippen molar-refractivity contribution in [2.45, 2.75) is 13.5 Å². The van der Waals surface area contributed by atoms with E-state index in [4.69, 9.17) is 19.6 Å². The second-order valence-electron chi connectivity index (χ2n) is 6.22. The predicted octanol–water partition coefficient (Wildman–Crippen LogP) is 3.28. The minimum absolute atomic E-state index is 0.374. The van der Waals surface area contributed by atoms with Gasteiger partial charge in [-0.2, -0.15) is 0 Å². The predicted molar refractivity (Wildman–Crippen MR) is 103 cm³/mol. The minimum atomic E-state index is -0.383. The van der Waals surface area contributed by atoms with Crippen LogP contribution in [0.1, 0.15) is 21.5 Å². The first-order valence-electron chi connectivity index (χ1n) is 8.46. The van der Waals surface area contributed by atoms with Gasteiger partial charge in [0, 0.05) is 23.2 Å². The SMILES string of the molecule is COC(=O)c1cc(C)c2c(=N)n(Cc3ccc(OC)cc3OC)ccc2c1. The van der Waals surface area contributed by atoms with Gasteiger partial charge in [0.25, 0.3) is 0 Å². The van der Waals surface area contributed by atoms with Crippen LogP contribution in [0.2, 0.25) is 0 Å². The number of fused-ring (bicyclic) bond motifs is 1. The largest absolute Gasteiger partial charge is 0.497 e. The molecule has 0 fully saturated rings. The van der Waals surface area contributed by atoms with Gasteiger partial charge in [-0.3, -0.25) is 5.41 Å². The number of aromatic nitrogens is 1. The highest BCUT2D eigenvalue weighted by Gasteiger charge is 2.12. The molecule has 0 amide bonds. The number of aryl methyl sites for hydroxylation is 1. The third kappa shape index (κ3) is 3.51. The molecule has 0 unspecified atom stereocenters. The lowest BCUT2D eigenvalue weighted by Gasteiger charge is -2.14. The number of hydrogen-bond acceptors (Lipinski definition) is 5. The topological polar surface area (TPSA) is 73.5 Å². The van der Waals surface area contributed by atoms with Crippen molar-refractivity contribution in [3.8, 4) is 11.5 Å². The maximum atomic E-state index is 11.8. The van der Waals surface area contributed by atoms with E-state index in [1.54, 1.807) is 26.4 Å². The van der Waals surface area contributed by atoms with Crippen molar-refractivity contribution < 1.29 is 19.0 Å². The van der Waals surface area contributed by atoms with Gasteiger partial charge in [-0.25, -0.2) is 4.79 Å². The van der Waals surface area contributed by atoms with E-state index in [1.165, 1.54) is 7.11 Å². The molecule has 0 spiro atoms. The summed E-state index contributed by atoms with van der Waals surface area (Å²) in [5, 5.41) is 10.3. The van der Waals surface area contributed by atoms with Crippen molar-refractivity contribution in [2.75, 3.05) is 21.3 Å². The number of nitrogens with zero attached hydrogens (tertiary/aromatic N) is 1. The van der Waals surface area contributed by atoms with Gasteiger partial charge in [0.2, 0.25) is 0 Å². The lowest BCUT2D eigenvalue weighted by atomic mass is 10.0. The zero-order valence-electron chi connectivity index (χ0n) is 15.8. The molecule has 1 heterocycles. The molecule has 6 heteroatoms. The standard InChI is InChI=1S/C21H22N2O4/c1-13-9-16(21(24)27-4)10-14-7-8-23(20(22)19(13)14)12-15-5-6-17(25-2)11-18(15)26-3/h5-11,22H,12H2,1-4H3. The summed E-state index contributed by atoms with van der Waals surface area (Å²) >= 11 is 0. The van der Waals surface area contributed by atoms with E-state index in [9.17, 15) is 4.79 Å². The van der Waals surface area contributed by atoms with Crippen LogP contribution in [0.15, 0.2) is 42.6 Å². The fraction of sp³-hybridized carbons (Fsp3) is 0.238. The van der Waals surface area contributed by atoms with E-state index in [0.29, 0.717) is 23.3 Å². The second kappa shape index (κ2) is 7.53. The van der Waals surface area contributed by atoms with Crippen LogP contribution in [0, 0.1) is 12.3 Å². The molecule has 6 nitrogen and oxygen atoms in total. The molecule has 0 radical (unpaired) electrons. The molecule has 0 aliphatic rings. The summed E-state index contributed by atoms with van der Waals surface area (Å²) < 4.78 is 17.3. The molecule has 2 aromatic carbocycles. The van der Waals surface area contributed by atoms with Crippen molar-refractivity contribution in [2.24, 2.45) is 0 Å². The molecule has 3 rings (SSSR count). The highest BCUT2D eigenvalue weighted by atomic mass is 16.5. The van der Waals surface area contributed by atoms with E-state index in [0.717, 1.165) is 27.6 Å². The number of nitrogens with one attached hydrogen (secondary N) is 1. The summed E-state index contributed by atoms with van der Waals surface area (Å²) in [6.07, 6.45) is 1.84. The van der Waals surface area contributed by atoms with Gasteiger partial charge in [0.15, 0.2) is 0 Å². The molecule has 0 saturated heterocycles. The zero-order valence-corrected chi connectivity index (χ0v) is 15.8. The first-order chi connectivity index (χ1) is 13.0. The monoisotopic (exact) mass is 366 g/mol. The molecule has 0 saturated carbocycles. The van der Waals surface area contributed by atoms with Gasteiger partial charge < -0.3 is 18.8 Å². The summed E-state index contributed by atoms with van der Waals surface area (Å²) in [6.45, 7) is 2.38. The number of benzene rings is 2. The van der Waals surface area contributed by atoms with Crippen LogP contribution in [-0.4, -0.2) is 31.9 Å². The summed E-state index contributed by atoms with van der Waals surface area (Å²) in [5.41, 5.74) is 2.66. The molecule has 27 heavy (non-hydrogen) atoms. The number of methoxy groups -OCH3 is 3. The van der Waals surface area contributed by atoms with Crippen molar-refractivity contribution >= 4 is 16.7 Å². The third-order valence-electron chi connectivity index (χ3n) is 4.58. The normalized spacial score (nSPS) is 10.7. The van der Waals surface area contributed by atoms with Gasteiger partial charge in [-0.15, -0.1) is 0 Å². The number of hydrogen-bond donors (Lipinski definition) is 1. The summed E-state index contributed by atoms with van der Waals surface area (Å²) in [7, 11) is 4.59. The Kier molecular flexibility index (Phi) is 5.16. The van der Waals surface area contributed by atoms with Crippen molar-refractivity contribution in [3.05, 3.63) is 64.8 Å². The molecular formula is C21H22N2O4. The molecule has 140 valence electrons. The number of pyridine rings is 1. The minimum Gasteiger partial charge on any atom is -0.497 e. The zero-order chi connectivity index (χ0) is 19.6. The summed E-state index contributed by atoms with van der Waals surface area (Å²) in [6, 6.07) is 11.0. The van der Waals surface area contributed by atoms with Crippen LogP contribution in [0.3, 0.4) is 0 Å². The molecule has 0 atom stereocenters. The van der Waals surface area contributed by atoms with Crippen molar-refractivity contribution in [1.82, 2.24) is 4.57 Å². The molecule has 0 aliphatic heterocycles. The molecule has 1 aromatic heterocycles. The first-order valence-corrected chi connectivity index (χ1v) is 8.46. The van der Waals surface area contributed by atoms with Gasteiger partial charge >= 0.3 is 5.97 Å².